The molecule has 1 fully saturated rings. The van der Waals surface area contributed by atoms with Crippen molar-refractivity contribution in [2.24, 2.45) is 5.73 Å². The van der Waals surface area contributed by atoms with Crippen molar-refractivity contribution in [1.29, 1.82) is 0 Å². The molecule has 3 heteroatoms. The molecule has 1 atom stereocenters. The summed E-state index contributed by atoms with van der Waals surface area (Å²) in [6, 6.07) is 0. The van der Waals surface area contributed by atoms with Gasteiger partial charge in [-0.1, -0.05) is 0 Å². The smallest absolute Gasteiger partial charge is 0.0479 e. The van der Waals surface area contributed by atoms with Crippen molar-refractivity contribution >= 4 is 0 Å². The Morgan fingerprint density at radius 1 is 1.38 bits per heavy atom. The lowest BCUT2D eigenvalue weighted by atomic mass is 9.89. The molecule has 0 aliphatic carbocycles. The fourth-order valence-electron chi connectivity index (χ4n) is 1.91. The molecule has 0 spiro atoms. The summed E-state index contributed by atoms with van der Waals surface area (Å²) in [5.74, 6) is 0. The zero-order valence-corrected chi connectivity index (χ0v) is 8.88. The Bertz CT molecular complexity index is 148. The van der Waals surface area contributed by atoms with Crippen LogP contribution >= 0.6 is 0 Å². The Kier molecular flexibility index (Phi) is 4.16. The highest BCUT2D eigenvalue weighted by Crippen LogP contribution is 2.22. The van der Waals surface area contributed by atoms with E-state index in [-0.39, 0.29) is 5.54 Å². The lowest BCUT2D eigenvalue weighted by Crippen LogP contribution is -2.41. The van der Waals surface area contributed by atoms with Gasteiger partial charge < -0.3 is 15.4 Å². The van der Waals surface area contributed by atoms with E-state index in [0.29, 0.717) is 0 Å². The van der Waals surface area contributed by atoms with Gasteiger partial charge in [0.25, 0.3) is 0 Å². The van der Waals surface area contributed by atoms with Crippen LogP contribution in [0.1, 0.15) is 25.7 Å². The highest BCUT2D eigenvalue weighted by Gasteiger charge is 2.26. The molecule has 1 heterocycles. The summed E-state index contributed by atoms with van der Waals surface area (Å²) in [6.45, 7) is 3.10. The Morgan fingerprint density at radius 2 is 2.15 bits per heavy atom. The van der Waals surface area contributed by atoms with Crippen LogP contribution in [-0.2, 0) is 4.74 Å². The average Bonchev–Trinajstić information content (AvgIpc) is 2.27. The maximum absolute atomic E-state index is 6.30. The van der Waals surface area contributed by atoms with Crippen molar-refractivity contribution in [2.75, 3.05) is 33.9 Å². The first kappa shape index (κ1) is 11.0. The van der Waals surface area contributed by atoms with Crippen LogP contribution in [-0.4, -0.2) is 44.3 Å². The number of likely N-dealkylation sites (tertiary alicyclic amines) is 1. The number of ether oxygens (including phenoxy) is 1. The molecule has 3 nitrogen and oxygen atoms in total. The van der Waals surface area contributed by atoms with Gasteiger partial charge in [-0.3, -0.25) is 0 Å². The molecule has 0 amide bonds. The summed E-state index contributed by atoms with van der Waals surface area (Å²) in [6.07, 6.45) is 4.46. The number of nitrogens with zero attached hydrogens (tertiary/aromatic N) is 1. The summed E-state index contributed by atoms with van der Waals surface area (Å²) >= 11 is 0. The van der Waals surface area contributed by atoms with E-state index in [1.54, 1.807) is 7.11 Å². The van der Waals surface area contributed by atoms with Gasteiger partial charge in [0, 0.05) is 19.3 Å². The molecule has 1 saturated heterocycles. The first-order valence-electron chi connectivity index (χ1n) is 5.13. The zero-order chi connectivity index (χ0) is 9.73. The Labute approximate surface area is 81.2 Å². The summed E-state index contributed by atoms with van der Waals surface area (Å²) in [5.41, 5.74) is 6.33. The van der Waals surface area contributed by atoms with E-state index in [1.165, 1.54) is 13.0 Å². The second-order valence-electron chi connectivity index (χ2n) is 4.26. The fraction of sp³-hybridized carbons (Fsp3) is 1.00. The molecule has 1 aliphatic rings. The Morgan fingerprint density at radius 3 is 2.85 bits per heavy atom. The van der Waals surface area contributed by atoms with Gasteiger partial charge >= 0.3 is 0 Å². The largest absolute Gasteiger partial charge is 0.385 e. The van der Waals surface area contributed by atoms with Crippen LogP contribution in [0.5, 0.6) is 0 Å². The van der Waals surface area contributed by atoms with Gasteiger partial charge in [-0.05, 0) is 45.8 Å². The number of hydrogen-bond acceptors (Lipinski definition) is 3. The zero-order valence-electron chi connectivity index (χ0n) is 8.88. The van der Waals surface area contributed by atoms with Crippen molar-refractivity contribution < 1.29 is 4.74 Å². The second-order valence-corrected chi connectivity index (χ2v) is 4.26. The van der Waals surface area contributed by atoms with Gasteiger partial charge in [-0.25, -0.2) is 0 Å². The van der Waals surface area contributed by atoms with Crippen molar-refractivity contribution in [3.8, 4) is 0 Å². The Hall–Kier alpha value is -0.120. The number of rotatable bonds is 3. The van der Waals surface area contributed by atoms with E-state index in [9.17, 15) is 0 Å². The topological polar surface area (TPSA) is 38.5 Å². The maximum Gasteiger partial charge on any atom is 0.0479 e. The van der Waals surface area contributed by atoms with Crippen molar-refractivity contribution in [3.05, 3.63) is 0 Å². The molecule has 78 valence electrons. The van der Waals surface area contributed by atoms with Crippen LogP contribution < -0.4 is 5.73 Å². The second kappa shape index (κ2) is 4.94. The molecular weight excluding hydrogens is 164 g/mol. The molecule has 0 saturated carbocycles. The quantitative estimate of drug-likeness (QED) is 0.709. The summed E-state index contributed by atoms with van der Waals surface area (Å²) in [7, 11) is 3.91. The minimum absolute atomic E-state index is 0.0285. The molecule has 0 aromatic heterocycles. The van der Waals surface area contributed by atoms with Crippen LogP contribution in [0.3, 0.4) is 0 Å². The molecule has 1 unspecified atom stereocenters. The van der Waals surface area contributed by atoms with Gasteiger partial charge in [0.2, 0.25) is 0 Å². The van der Waals surface area contributed by atoms with Crippen molar-refractivity contribution in [2.45, 2.75) is 31.2 Å². The van der Waals surface area contributed by atoms with Crippen LogP contribution in [0.15, 0.2) is 0 Å². The van der Waals surface area contributed by atoms with Gasteiger partial charge in [0.15, 0.2) is 0 Å². The van der Waals surface area contributed by atoms with Gasteiger partial charge in [-0.2, -0.15) is 0 Å². The minimum atomic E-state index is 0.0285. The van der Waals surface area contributed by atoms with Crippen LogP contribution in [0.4, 0.5) is 0 Å². The molecule has 2 N–H and O–H groups in total. The summed E-state index contributed by atoms with van der Waals surface area (Å²) < 4.78 is 5.08. The molecule has 0 aromatic carbocycles. The fourth-order valence-corrected chi connectivity index (χ4v) is 1.91. The molecule has 0 aromatic rings. The van der Waals surface area contributed by atoms with E-state index < -0.39 is 0 Å². The van der Waals surface area contributed by atoms with E-state index >= 15 is 0 Å². The molecule has 0 bridgehead atoms. The van der Waals surface area contributed by atoms with E-state index in [1.807, 2.05) is 0 Å². The summed E-state index contributed by atoms with van der Waals surface area (Å²) in [5, 5.41) is 0. The first-order chi connectivity index (χ1) is 6.16. The highest BCUT2D eigenvalue weighted by molar-refractivity contribution is 4.87. The highest BCUT2D eigenvalue weighted by atomic mass is 16.5. The first-order valence-corrected chi connectivity index (χ1v) is 5.13. The van der Waals surface area contributed by atoms with Gasteiger partial charge in [-0.15, -0.1) is 0 Å². The van der Waals surface area contributed by atoms with Crippen LogP contribution in [0.2, 0.25) is 0 Å². The number of nitrogens with two attached hydrogens (primary N) is 1. The van der Waals surface area contributed by atoms with E-state index in [4.69, 9.17) is 10.5 Å². The molecule has 1 aliphatic heterocycles. The van der Waals surface area contributed by atoms with Gasteiger partial charge in [0.05, 0.1) is 0 Å². The third kappa shape index (κ3) is 3.63. The predicted octanol–water partition coefficient (Wildman–Crippen LogP) is 0.836. The van der Waals surface area contributed by atoms with E-state index in [2.05, 4.69) is 11.9 Å². The van der Waals surface area contributed by atoms with Crippen molar-refractivity contribution in [1.82, 2.24) is 4.90 Å². The molecule has 1 rings (SSSR count). The standard InChI is InChI=1S/C10H22N2O/c1-12-7-3-4-10(11,5-8-12)6-9-13-2/h3-9,11H2,1-2H3. The lowest BCUT2D eigenvalue weighted by Gasteiger charge is -2.27. The normalized spacial score (nSPS) is 31.6. The average molecular weight is 186 g/mol. The maximum atomic E-state index is 6.30. The molecule has 0 radical (unpaired) electrons. The number of methoxy groups -OCH3 is 1. The predicted molar refractivity (Wildman–Crippen MR) is 54.8 cm³/mol. The van der Waals surface area contributed by atoms with E-state index in [0.717, 1.165) is 32.4 Å². The van der Waals surface area contributed by atoms with Crippen LogP contribution in [0.25, 0.3) is 0 Å². The monoisotopic (exact) mass is 186 g/mol. The minimum Gasteiger partial charge on any atom is -0.385 e. The van der Waals surface area contributed by atoms with Crippen molar-refractivity contribution in [3.63, 3.8) is 0 Å². The molecular formula is C10H22N2O. The SMILES string of the molecule is COCCC1(N)CCCN(C)CC1. The number of hydrogen-bond donors (Lipinski definition) is 1. The summed E-state index contributed by atoms with van der Waals surface area (Å²) in [4.78, 5) is 2.36. The Balaban J connectivity index is 2.37. The van der Waals surface area contributed by atoms with Gasteiger partial charge in [0.1, 0.15) is 0 Å². The third-order valence-electron chi connectivity index (χ3n) is 3.01. The third-order valence-corrected chi connectivity index (χ3v) is 3.01. The molecule has 13 heavy (non-hydrogen) atoms. The van der Waals surface area contributed by atoms with Crippen LogP contribution in [0, 0.1) is 0 Å². The lowest BCUT2D eigenvalue weighted by molar-refractivity contribution is 0.161.